The molecule has 0 radical (unpaired) electrons. The monoisotopic (exact) mass is 331 g/mol. The van der Waals surface area contributed by atoms with E-state index in [9.17, 15) is 5.11 Å². The minimum atomic E-state index is -0.374. The Bertz CT molecular complexity index is 847. The maximum absolute atomic E-state index is 10.4. The van der Waals surface area contributed by atoms with Crippen molar-refractivity contribution in [3.05, 3.63) is 95.6 Å². The summed E-state index contributed by atoms with van der Waals surface area (Å²) in [5.41, 5.74) is 3.56. The summed E-state index contributed by atoms with van der Waals surface area (Å²) in [7, 11) is 0. The molecule has 25 heavy (non-hydrogen) atoms. The SMILES string of the molecule is O[C@H]1Cc2ccccc2[C@H]1NCc1cccc(Oc2ccccc2)c1. The van der Waals surface area contributed by atoms with Gasteiger partial charge in [0.05, 0.1) is 12.1 Å². The number of nitrogens with one attached hydrogen (secondary N) is 1. The number of aliphatic hydroxyl groups is 1. The van der Waals surface area contributed by atoms with Crippen LogP contribution in [-0.2, 0) is 13.0 Å². The van der Waals surface area contributed by atoms with Crippen LogP contribution in [0.3, 0.4) is 0 Å². The van der Waals surface area contributed by atoms with Gasteiger partial charge in [-0.1, -0.05) is 54.6 Å². The molecule has 3 nitrogen and oxygen atoms in total. The Kier molecular flexibility index (Phi) is 4.51. The highest BCUT2D eigenvalue weighted by Crippen LogP contribution is 2.31. The van der Waals surface area contributed by atoms with Gasteiger partial charge in [0.25, 0.3) is 0 Å². The molecule has 2 atom stereocenters. The fourth-order valence-corrected chi connectivity index (χ4v) is 3.39. The quantitative estimate of drug-likeness (QED) is 0.735. The molecule has 3 heteroatoms. The minimum Gasteiger partial charge on any atom is -0.457 e. The summed E-state index contributed by atoms with van der Waals surface area (Å²) in [6, 6.07) is 26.0. The molecule has 0 heterocycles. The fourth-order valence-electron chi connectivity index (χ4n) is 3.39. The van der Waals surface area contributed by atoms with Crippen LogP contribution in [-0.4, -0.2) is 11.2 Å². The molecule has 4 rings (SSSR count). The van der Waals surface area contributed by atoms with Gasteiger partial charge in [-0.05, 0) is 41.0 Å². The fraction of sp³-hybridized carbons (Fsp3) is 0.182. The van der Waals surface area contributed by atoms with E-state index in [0.29, 0.717) is 13.0 Å². The van der Waals surface area contributed by atoms with Crippen LogP contribution in [0.15, 0.2) is 78.9 Å². The zero-order valence-corrected chi connectivity index (χ0v) is 13.9. The maximum Gasteiger partial charge on any atom is 0.127 e. The summed E-state index contributed by atoms with van der Waals surface area (Å²) in [4.78, 5) is 0. The van der Waals surface area contributed by atoms with Crippen LogP contribution in [0.25, 0.3) is 0 Å². The number of rotatable bonds is 5. The average molecular weight is 331 g/mol. The van der Waals surface area contributed by atoms with Crippen molar-refractivity contribution >= 4 is 0 Å². The molecule has 2 N–H and O–H groups in total. The molecule has 0 saturated carbocycles. The molecule has 3 aromatic rings. The van der Waals surface area contributed by atoms with Crippen LogP contribution in [0.5, 0.6) is 11.5 Å². The number of para-hydroxylation sites is 1. The molecule has 3 aromatic carbocycles. The lowest BCUT2D eigenvalue weighted by Gasteiger charge is -2.18. The van der Waals surface area contributed by atoms with E-state index in [0.717, 1.165) is 17.1 Å². The standard InChI is InChI=1S/C22H21NO2/c24-21-14-17-8-4-5-12-20(17)22(21)23-15-16-7-6-11-19(13-16)25-18-9-2-1-3-10-18/h1-13,21-24H,14-15H2/t21-,22+/m0/s1. The second kappa shape index (κ2) is 7.09. The van der Waals surface area contributed by atoms with Gasteiger partial charge in [0.1, 0.15) is 11.5 Å². The van der Waals surface area contributed by atoms with Crippen molar-refractivity contribution in [3.63, 3.8) is 0 Å². The van der Waals surface area contributed by atoms with E-state index in [-0.39, 0.29) is 12.1 Å². The van der Waals surface area contributed by atoms with Crippen molar-refractivity contribution in [2.45, 2.75) is 25.1 Å². The van der Waals surface area contributed by atoms with Crippen LogP contribution in [0.4, 0.5) is 0 Å². The van der Waals surface area contributed by atoms with Gasteiger partial charge in [-0.25, -0.2) is 0 Å². The second-order valence-corrected chi connectivity index (χ2v) is 6.39. The number of fused-ring (bicyclic) bond motifs is 1. The van der Waals surface area contributed by atoms with Gasteiger partial charge in [-0.15, -0.1) is 0 Å². The van der Waals surface area contributed by atoms with Crippen LogP contribution < -0.4 is 10.1 Å². The average Bonchev–Trinajstić information content (AvgIpc) is 2.96. The van der Waals surface area contributed by atoms with Crippen molar-refractivity contribution in [2.24, 2.45) is 0 Å². The number of aliphatic hydroxyl groups excluding tert-OH is 1. The van der Waals surface area contributed by atoms with Crippen molar-refractivity contribution < 1.29 is 9.84 Å². The van der Waals surface area contributed by atoms with E-state index in [1.807, 2.05) is 60.7 Å². The Morgan fingerprint density at radius 3 is 2.52 bits per heavy atom. The number of benzene rings is 3. The summed E-state index contributed by atoms with van der Waals surface area (Å²) in [6.07, 6.45) is 0.339. The Labute approximate surface area is 147 Å². The number of hydrogen-bond donors (Lipinski definition) is 2. The molecule has 0 unspecified atom stereocenters. The molecule has 0 saturated heterocycles. The molecule has 0 bridgehead atoms. The third-order valence-corrected chi connectivity index (χ3v) is 4.61. The first-order valence-corrected chi connectivity index (χ1v) is 8.61. The first-order valence-electron chi connectivity index (χ1n) is 8.61. The maximum atomic E-state index is 10.4. The van der Waals surface area contributed by atoms with Crippen LogP contribution in [0.1, 0.15) is 22.7 Å². The van der Waals surface area contributed by atoms with E-state index in [4.69, 9.17) is 4.74 Å². The predicted octanol–water partition coefficient (Wildman–Crippen LogP) is 4.23. The Morgan fingerprint density at radius 1 is 0.880 bits per heavy atom. The Morgan fingerprint density at radius 2 is 1.64 bits per heavy atom. The first kappa shape index (κ1) is 15.9. The molecular weight excluding hydrogens is 310 g/mol. The predicted molar refractivity (Wildman–Crippen MR) is 98.7 cm³/mol. The summed E-state index contributed by atoms with van der Waals surface area (Å²) in [5.74, 6) is 1.64. The van der Waals surface area contributed by atoms with Gasteiger partial charge in [0.15, 0.2) is 0 Å². The number of ether oxygens (including phenoxy) is 1. The highest BCUT2D eigenvalue weighted by atomic mass is 16.5. The summed E-state index contributed by atoms with van der Waals surface area (Å²) >= 11 is 0. The Balaban J connectivity index is 1.44. The van der Waals surface area contributed by atoms with Gasteiger partial charge in [-0.2, -0.15) is 0 Å². The van der Waals surface area contributed by atoms with Gasteiger partial charge < -0.3 is 15.2 Å². The smallest absolute Gasteiger partial charge is 0.127 e. The van der Waals surface area contributed by atoms with E-state index < -0.39 is 0 Å². The molecular formula is C22H21NO2. The van der Waals surface area contributed by atoms with Crippen molar-refractivity contribution in [1.29, 1.82) is 0 Å². The van der Waals surface area contributed by atoms with E-state index in [1.165, 1.54) is 11.1 Å². The molecule has 0 aliphatic heterocycles. The van der Waals surface area contributed by atoms with Crippen LogP contribution >= 0.6 is 0 Å². The molecule has 0 fully saturated rings. The molecule has 0 aromatic heterocycles. The topological polar surface area (TPSA) is 41.5 Å². The van der Waals surface area contributed by atoms with Gasteiger partial charge in [-0.3, -0.25) is 0 Å². The molecule has 1 aliphatic rings. The van der Waals surface area contributed by atoms with Gasteiger partial charge >= 0.3 is 0 Å². The normalized spacial score (nSPS) is 18.8. The van der Waals surface area contributed by atoms with Crippen LogP contribution in [0.2, 0.25) is 0 Å². The third-order valence-electron chi connectivity index (χ3n) is 4.61. The summed E-state index contributed by atoms with van der Waals surface area (Å²) in [5, 5.41) is 13.8. The van der Waals surface area contributed by atoms with Crippen molar-refractivity contribution in [3.8, 4) is 11.5 Å². The summed E-state index contributed by atoms with van der Waals surface area (Å²) in [6.45, 7) is 0.683. The highest BCUT2D eigenvalue weighted by Gasteiger charge is 2.29. The lowest BCUT2D eigenvalue weighted by atomic mass is 10.1. The van der Waals surface area contributed by atoms with Gasteiger partial charge in [0.2, 0.25) is 0 Å². The van der Waals surface area contributed by atoms with Crippen molar-refractivity contribution in [1.82, 2.24) is 5.32 Å². The molecule has 126 valence electrons. The largest absolute Gasteiger partial charge is 0.457 e. The first-order chi connectivity index (χ1) is 12.3. The van der Waals surface area contributed by atoms with E-state index in [1.54, 1.807) is 0 Å². The molecule has 1 aliphatic carbocycles. The lowest BCUT2D eigenvalue weighted by molar-refractivity contribution is 0.140. The molecule has 0 spiro atoms. The van der Waals surface area contributed by atoms with Crippen LogP contribution in [0, 0.1) is 0 Å². The zero-order chi connectivity index (χ0) is 17.1. The van der Waals surface area contributed by atoms with Crippen molar-refractivity contribution in [2.75, 3.05) is 0 Å². The second-order valence-electron chi connectivity index (χ2n) is 6.39. The zero-order valence-electron chi connectivity index (χ0n) is 13.9. The third kappa shape index (κ3) is 3.58. The minimum absolute atomic E-state index is 0.0186. The van der Waals surface area contributed by atoms with E-state index in [2.05, 4.69) is 23.5 Å². The molecule has 0 amide bonds. The highest BCUT2D eigenvalue weighted by molar-refractivity contribution is 5.37. The Hall–Kier alpha value is -2.62. The summed E-state index contributed by atoms with van der Waals surface area (Å²) < 4.78 is 5.89. The number of hydrogen-bond acceptors (Lipinski definition) is 3. The van der Waals surface area contributed by atoms with E-state index >= 15 is 0 Å². The lowest BCUT2D eigenvalue weighted by Crippen LogP contribution is -2.28. The van der Waals surface area contributed by atoms with Gasteiger partial charge in [0, 0.05) is 13.0 Å².